The van der Waals surface area contributed by atoms with Crippen molar-refractivity contribution in [2.24, 2.45) is 0 Å². The zero-order valence-corrected chi connectivity index (χ0v) is 16.8. The summed E-state index contributed by atoms with van der Waals surface area (Å²) in [6.07, 6.45) is 3.29. The molecule has 5 rings (SSSR count). The molecule has 5 aromatic rings. The predicted octanol–water partition coefficient (Wildman–Crippen LogP) is 4.66. The van der Waals surface area contributed by atoms with Crippen LogP contribution in [0.15, 0.2) is 55.0 Å². The maximum absolute atomic E-state index is 6.33. The smallest absolute Gasteiger partial charge is 0.189 e. The molecule has 144 valence electrons. The van der Waals surface area contributed by atoms with Gasteiger partial charge in [0.2, 0.25) is 0 Å². The summed E-state index contributed by atoms with van der Waals surface area (Å²) in [6, 6.07) is 13.0. The number of ether oxygens (including phenoxy) is 1. The van der Waals surface area contributed by atoms with Crippen molar-refractivity contribution >= 4 is 39.9 Å². The molecule has 0 bridgehead atoms. The minimum Gasteiger partial charge on any atom is -0.485 e. The summed E-state index contributed by atoms with van der Waals surface area (Å²) in [7, 11) is 0. The number of hydrogen-bond acceptors (Lipinski definition) is 5. The van der Waals surface area contributed by atoms with Gasteiger partial charge in [0.25, 0.3) is 0 Å². The van der Waals surface area contributed by atoms with Crippen LogP contribution in [0.2, 0.25) is 10.0 Å². The Labute approximate surface area is 175 Å². The first-order chi connectivity index (χ1) is 14.1. The molecule has 9 heteroatoms. The van der Waals surface area contributed by atoms with Crippen LogP contribution >= 0.6 is 23.2 Å². The molecule has 0 radical (unpaired) electrons. The topological polar surface area (TPSA) is 70.1 Å². The second-order valence-corrected chi connectivity index (χ2v) is 7.33. The van der Waals surface area contributed by atoms with Gasteiger partial charge in [-0.1, -0.05) is 41.4 Å². The molecular formula is C20H14Cl2N6O. The maximum atomic E-state index is 6.33. The van der Waals surface area contributed by atoms with E-state index in [-0.39, 0.29) is 6.61 Å². The molecule has 0 aliphatic carbocycles. The van der Waals surface area contributed by atoms with E-state index in [1.807, 2.05) is 31.2 Å². The number of benzene rings is 2. The Balaban J connectivity index is 1.53. The molecule has 0 fully saturated rings. The van der Waals surface area contributed by atoms with Crippen LogP contribution < -0.4 is 4.74 Å². The van der Waals surface area contributed by atoms with E-state index >= 15 is 0 Å². The molecule has 3 aromatic heterocycles. The highest BCUT2D eigenvalue weighted by Gasteiger charge is 2.15. The van der Waals surface area contributed by atoms with Crippen molar-refractivity contribution in [2.45, 2.75) is 13.5 Å². The number of aromatic nitrogens is 6. The normalized spacial score (nSPS) is 11.4. The number of halogens is 2. The molecule has 0 atom stereocenters. The zero-order valence-electron chi connectivity index (χ0n) is 15.3. The van der Waals surface area contributed by atoms with Crippen molar-refractivity contribution in [1.29, 1.82) is 0 Å². The summed E-state index contributed by atoms with van der Waals surface area (Å²) < 4.78 is 9.11. The molecule has 0 unspecified atom stereocenters. The van der Waals surface area contributed by atoms with Crippen molar-refractivity contribution in [3.63, 3.8) is 0 Å². The van der Waals surface area contributed by atoms with Crippen molar-refractivity contribution in [1.82, 2.24) is 29.4 Å². The molecule has 0 saturated carbocycles. The number of rotatable bonds is 4. The van der Waals surface area contributed by atoms with E-state index in [4.69, 9.17) is 27.9 Å². The van der Waals surface area contributed by atoms with Gasteiger partial charge in [0.05, 0.1) is 22.3 Å². The number of nitrogens with zero attached hydrogens (tertiary/aromatic N) is 6. The van der Waals surface area contributed by atoms with Crippen LogP contribution in [-0.4, -0.2) is 29.4 Å². The van der Waals surface area contributed by atoms with Gasteiger partial charge in [-0.15, -0.1) is 5.10 Å². The number of hydrogen-bond donors (Lipinski definition) is 0. The lowest BCUT2D eigenvalue weighted by Crippen LogP contribution is -2.00. The summed E-state index contributed by atoms with van der Waals surface area (Å²) in [6.45, 7) is 2.25. The lowest BCUT2D eigenvalue weighted by Gasteiger charge is -2.05. The van der Waals surface area contributed by atoms with Gasteiger partial charge in [-0.25, -0.2) is 19.2 Å². The summed E-state index contributed by atoms with van der Waals surface area (Å²) in [5, 5.41) is 10.7. The van der Waals surface area contributed by atoms with E-state index in [2.05, 4.69) is 20.2 Å². The molecule has 0 amide bonds. The summed E-state index contributed by atoms with van der Waals surface area (Å²) >= 11 is 12.4. The molecule has 3 heterocycles. The van der Waals surface area contributed by atoms with Gasteiger partial charge in [0.15, 0.2) is 17.1 Å². The summed E-state index contributed by atoms with van der Waals surface area (Å²) in [5.41, 5.74) is 2.96. The molecule has 2 aromatic carbocycles. The van der Waals surface area contributed by atoms with E-state index in [1.165, 1.54) is 0 Å². The third kappa shape index (κ3) is 3.18. The lowest BCUT2D eigenvalue weighted by atomic mass is 10.2. The molecule has 7 nitrogen and oxygen atoms in total. The first-order valence-corrected chi connectivity index (χ1v) is 9.57. The number of aryl methyl sites for hydroxylation is 1. The Morgan fingerprint density at radius 1 is 1.07 bits per heavy atom. The van der Waals surface area contributed by atoms with Gasteiger partial charge in [-0.2, -0.15) is 5.10 Å². The second-order valence-electron chi connectivity index (χ2n) is 6.48. The number of fused-ring (bicyclic) bond motifs is 3. The molecule has 0 N–H and O–H groups in total. The molecule has 0 aliphatic rings. The third-order valence-electron chi connectivity index (χ3n) is 4.54. The van der Waals surface area contributed by atoms with E-state index in [0.717, 1.165) is 16.7 Å². The number of para-hydroxylation sites is 1. The lowest BCUT2D eigenvalue weighted by molar-refractivity contribution is 0.294. The van der Waals surface area contributed by atoms with Crippen molar-refractivity contribution in [3.8, 4) is 11.4 Å². The van der Waals surface area contributed by atoms with Crippen LogP contribution in [-0.2, 0) is 6.61 Å². The van der Waals surface area contributed by atoms with Gasteiger partial charge in [-0.05, 0) is 36.8 Å². The monoisotopic (exact) mass is 424 g/mol. The minimum atomic E-state index is 0.252. The Kier molecular flexibility index (Phi) is 4.34. The second kappa shape index (κ2) is 7.02. The molecule has 29 heavy (non-hydrogen) atoms. The molecular weight excluding hydrogens is 411 g/mol. The van der Waals surface area contributed by atoms with Gasteiger partial charge >= 0.3 is 0 Å². The fourth-order valence-electron chi connectivity index (χ4n) is 3.11. The van der Waals surface area contributed by atoms with Gasteiger partial charge in [0, 0.05) is 5.02 Å². The Hall–Kier alpha value is -3.16. The fourth-order valence-corrected chi connectivity index (χ4v) is 3.48. The van der Waals surface area contributed by atoms with Crippen LogP contribution in [0.5, 0.6) is 5.75 Å². The van der Waals surface area contributed by atoms with Crippen LogP contribution in [0.4, 0.5) is 0 Å². The highest BCUT2D eigenvalue weighted by molar-refractivity contribution is 6.34. The van der Waals surface area contributed by atoms with Crippen LogP contribution in [0.1, 0.15) is 11.4 Å². The predicted molar refractivity (Wildman–Crippen MR) is 111 cm³/mol. The highest BCUT2D eigenvalue weighted by atomic mass is 35.5. The van der Waals surface area contributed by atoms with E-state index < -0.39 is 0 Å². The van der Waals surface area contributed by atoms with Crippen LogP contribution in [0.25, 0.3) is 22.4 Å². The van der Waals surface area contributed by atoms with Gasteiger partial charge in [-0.3, -0.25) is 0 Å². The van der Waals surface area contributed by atoms with Crippen molar-refractivity contribution in [2.75, 3.05) is 0 Å². The zero-order chi connectivity index (χ0) is 20.0. The minimum absolute atomic E-state index is 0.252. The quantitative estimate of drug-likeness (QED) is 0.419. The van der Waals surface area contributed by atoms with E-state index in [1.54, 1.807) is 39.9 Å². The third-order valence-corrected chi connectivity index (χ3v) is 5.09. The van der Waals surface area contributed by atoms with Gasteiger partial charge in [0.1, 0.15) is 18.7 Å². The summed E-state index contributed by atoms with van der Waals surface area (Å²) in [4.78, 5) is 9.09. The molecule has 0 spiro atoms. The first-order valence-electron chi connectivity index (χ1n) is 8.82. The van der Waals surface area contributed by atoms with Crippen LogP contribution in [0, 0.1) is 6.92 Å². The Bertz CT molecular complexity index is 1360. The summed E-state index contributed by atoms with van der Waals surface area (Å²) in [5.74, 6) is 1.36. The Morgan fingerprint density at radius 3 is 2.79 bits per heavy atom. The molecule has 0 saturated heterocycles. The average molecular weight is 425 g/mol. The standard InChI is InChI=1S/C20H14Cl2N6O/c1-12-4-2-3-5-17(12)29-10-18-25-20-14-9-24-28(19(14)23-11-27(20)26-18)16-8-13(21)6-7-15(16)22/h2-9,11H,10H2,1H3. The largest absolute Gasteiger partial charge is 0.485 e. The fraction of sp³-hybridized carbons (Fsp3) is 0.100. The van der Waals surface area contributed by atoms with Crippen molar-refractivity contribution < 1.29 is 4.74 Å². The average Bonchev–Trinajstić information content (AvgIpc) is 3.32. The SMILES string of the molecule is Cc1ccccc1OCc1nc2c3cnn(-c4cc(Cl)ccc4Cl)c3ncn2n1. The Morgan fingerprint density at radius 2 is 1.93 bits per heavy atom. The molecule has 0 aliphatic heterocycles. The van der Waals surface area contributed by atoms with Crippen molar-refractivity contribution in [3.05, 3.63) is 76.4 Å². The van der Waals surface area contributed by atoms with E-state index in [9.17, 15) is 0 Å². The van der Waals surface area contributed by atoms with Crippen LogP contribution in [0.3, 0.4) is 0 Å². The maximum Gasteiger partial charge on any atom is 0.189 e. The first kappa shape index (κ1) is 17.9. The highest BCUT2D eigenvalue weighted by Crippen LogP contribution is 2.27. The van der Waals surface area contributed by atoms with E-state index in [0.29, 0.717) is 32.9 Å². The van der Waals surface area contributed by atoms with Gasteiger partial charge < -0.3 is 4.74 Å².